The van der Waals surface area contributed by atoms with Gasteiger partial charge in [-0.05, 0) is 36.4 Å². The normalized spacial score (nSPS) is 10.7. The number of aromatic hydroxyl groups is 1. The molecule has 23 heavy (non-hydrogen) atoms. The Morgan fingerprint density at radius 3 is 2.57 bits per heavy atom. The van der Waals surface area contributed by atoms with Gasteiger partial charge in [0.15, 0.2) is 6.61 Å². The Bertz CT molecular complexity index is 733. The lowest BCUT2D eigenvalue weighted by Crippen LogP contribution is -2.24. The summed E-state index contributed by atoms with van der Waals surface area (Å²) in [6.45, 7) is -0.221. The van der Waals surface area contributed by atoms with Crippen molar-refractivity contribution in [2.45, 2.75) is 0 Å². The molecule has 0 aliphatic heterocycles. The molecule has 8 heteroatoms. The number of hydrogen-bond acceptors (Lipinski definition) is 4. The van der Waals surface area contributed by atoms with Crippen LogP contribution in [-0.2, 0) is 4.79 Å². The van der Waals surface area contributed by atoms with E-state index in [1.54, 1.807) is 24.3 Å². The molecule has 1 amide bonds. The van der Waals surface area contributed by atoms with E-state index >= 15 is 0 Å². The van der Waals surface area contributed by atoms with Gasteiger partial charge in [0.05, 0.1) is 11.2 Å². The number of nitrogens with one attached hydrogen (secondary N) is 1. The van der Waals surface area contributed by atoms with Crippen LogP contribution < -0.4 is 10.2 Å². The number of ether oxygens (including phenoxy) is 1. The summed E-state index contributed by atoms with van der Waals surface area (Å²) in [7, 11) is 0. The Morgan fingerprint density at radius 1 is 1.17 bits per heavy atom. The summed E-state index contributed by atoms with van der Waals surface area (Å²) in [6, 6.07) is 9.45. The van der Waals surface area contributed by atoms with E-state index in [0.29, 0.717) is 15.8 Å². The minimum Gasteiger partial charge on any atom is -0.506 e. The third kappa shape index (κ3) is 5.32. The monoisotopic (exact) mass is 372 g/mol. The van der Waals surface area contributed by atoms with Crippen molar-refractivity contribution < 1.29 is 14.6 Å². The molecular weight excluding hydrogens is 363 g/mol. The first kappa shape index (κ1) is 17.4. The van der Waals surface area contributed by atoms with E-state index in [1.165, 1.54) is 18.3 Å². The zero-order valence-corrected chi connectivity index (χ0v) is 13.9. The average molecular weight is 374 g/mol. The fourth-order valence-electron chi connectivity index (χ4n) is 1.57. The third-order valence-electron chi connectivity index (χ3n) is 2.63. The van der Waals surface area contributed by atoms with E-state index in [9.17, 15) is 9.90 Å². The minimum absolute atomic E-state index is 0.0938. The van der Waals surface area contributed by atoms with Crippen LogP contribution in [0, 0.1) is 0 Å². The number of phenols is 1. The van der Waals surface area contributed by atoms with Gasteiger partial charge in [-0.2, -0.15) is 5.10 Å². The van der Waals surface area contributed by atoms with Gasteiger partial charge >= 0.3 is 0 Å². The third-order valence-corrected chi connectivity index (χ3v) is 3.39. The van der Waals surface area contributed by atoms with Crippen LogP contribution in [0.5, 0.6) is 11.5 Å². The lowest BCUT2D eigenvalue weighted by Gasteiger charge is -2.05. The van der Waals surface area contributed by atoms with Gasteiger partial charge < -0.3 is 9.84 Å². The molecule has 2 N–H and O–H groups in total. The van der Waals surface area contributed by atoms with Crippen LogP contribution in [0.2, 0.25) is 15.1 Å². The number of phenolic OH excluding ortho intramolecular Hbond substituents is 1. The van der Waals surface area contributed by atoms with Gasteiger partial charge in [0, 0.05) is 15.6 Å². The standard InChI is InChI=1S/C15H11Cl3N2O3/c16-10-1-3-12(4-2-10)23-8-14(21)20-19-7-9-5-11(17)6-13(18)15(9)22/h1-7,22H,8H2,(H,20,21)/b19-7+. The van der Waals surface area contributed by atoms with Gasteiger partial charge in [0.2, 0.25) is 0 Å². The first-order valence-electron chi connectivity index (χ1n) is 6.34. The summed E-state index contributed by atoms with van der Waals surface area (Å²) in [5, 5.41) is 14.4. The summed E-state index contributed by atoms with van der Waals surface area (Å²) in [5.41, 5.74) is 2.54. The van der Waals surface area contributed by atoms with Crippen LogP contribution in [0.4, 0.5) is 0 Å². The Morgan fingerprint density at radius 2 is 1.87 bits per heavy atom. The van der Waals surface area contributed by atoms with Crippen molar-refractivity contribution in [1.29, 1.82) is 0 Å². The van der Waals surface area contributed by atoms with E-state index in [0.717, 1.165) is 0 Å². The molecule has 2 rings (SSSR count). The number of carbonyl (C=O) groups excluding carboxylic acids is 1. The van der Waals surface area contributed by atoms with Crippen LogP contribution >= 0.6 is 34.8 Å². The smallest absolute Gasteiger partial charge is 0.277 e. The number of carbonyl (C=O) groups is 1. The number of benzene rings is 2. The fourth-order valence-corrected chi connectivity index (χ4v) is 2.21. The fraction of sp³-hybridized carbons (Fsp3) is 0.0667. The number of amides is 1. The molecule has 0 saturated carbocycles. The molecule has 0 radical (unpaired) electrons. The van der Waals surface area contributed by atoms with Crippen molar-refractivity contribution in [2.24, 2.45) is 5.10 Å². The Balaban J connectivity index is 1.88. The highest BCUT2D eigenvalue weighted by Crippen LogP contribution is 2.29. The highest BCUT2D eigenvalue weighted by molar-refractivity contribution is 6.36. The Labute approximate surface area is 147 Å². The van der Waals surface area contributed by atoms with E-state index in [-0.39, 0.29) is 22.9 Å². The SMILES string of the molecule is O=C(COc1ccc(Cl)cc1)N/N=C/c1cc(Cl)cc(Cl)c1O. The van der Waals surface area contributed by atoms with E-state index in [1.807, 2.05) is 0 Å². The second-order valence-corrected chi connectivity index (χ2v) is 5.64. The number of hydrogen-bond donors (Lipinski definition) is 2. The van der Waals surface area contributed by atoms with E-state index in [2.05, 4.69) is 10.5 Å². The van der Waals surface area contributed by atoms with Gasteiger partial charge in [-0.3, -0.25) is 4.79 Å². The van der Waals surface area contributed by atoms with Crippen LogP contribution in [0.25, 0.3) is 0 Å². The molecular formula is C15H11Cl3N2O3. The quantitative estimate of drug-likeness (QED) is 0.617. The van der Waals surface area contributed by atoms with Gasteiger partial charge in [0.25, 0.3) is 5.91 Å². The first-order chi connectivity index (χ1) is 11.0. The molecule has 2 aromatic rings. The predicted octanol–water partition coefficient (Wildman–Crippen LogP) is 3.88. The molecule has 120 valence electrons. The molecule has 0 saturated heterocycles. The van der Waals surface area contributed by atoms with Crippen molar-refractivity contribution in [2.75, 3.05) is 6.61 Å². The molecule has 0 spiro atoms. The molecule has 0 bridgehead atoms. The second-order valence-electron chi connectivity index (χ2n) is 4.36. The summed E-state index contributed by atoms with van der Waals surface area (Å²) in [4.78, 5) is 11.6. The predicted molar refractivity (Wildman–Crippen MR) is 90.8 cm³/mol. The molecule has 2 aromatic carbocycles. The van der Waals surface area contributed by atoms with Crippen LogP contribution in [-0.4, -0.2) is 23.8 Å². The molecule has 0 heterocycles. The largest absolute Gasteiger partial charge is 0.506 e. The van der Waals surface area contributed by atoms with Crippen molar-refractivity contribution >= 4 is 46.9 Å². The molecule has 0 atom stereocenters. The van der Waals surface area contributed by atoms with Gasteiger partial charge in [0.1, 0.15) is 11.5 Å². The van der Waals surface area contributed by atoms with Crippen molar-refractivity contribution in [3.8, 4) is 11.5 Å². The molecule has 0 fully saturated rings. The molecule has 0 aliphatic rings. The van der Waals surface area contributed by atoms with E-state index in [4.69, 9.17) is 39.5 Å². The molecule has 0 aliphatic carbocycles. The lowest BCUT2D eigenvalue weighted by atomic mass is 10.2. The van der Waals surface area contributed by atoms with Gasteiger partial charge in [-0.15, -0.1) is 0 Å². The number of rotatable bonds is 5. The van der Waals surface area contributed by atoms with Crippen LogP contribution in [0.1, 0.15) is 5.56 Å². The van der Waals surface area contributed by atoms with Gasteiger partial charge in [-0.25, -0.2) is 5.43 Å². The average Bonchev–Trinajstić information content (AvgIpc) is 2.51. The molecule has 0 aromatic heterocycles. The highest BCUT2D eigenvalue weighted by atomic mass is 35.5. The number of nitrogens with zero attached hydrogens (tertiary/aromatic N) is 1. The maximum atomic E-state index is 11.6. The van der Waals surface area contributed by atoms with Gasteiger partial charge in [-0.1, -0.05) is 34.8 Å². The van der Waals surface area contributed by atoms with Crippen molar-refractivity contribution in [3.63, 3.8) is 0 Å². The molecule has 5 nitrogen and oxygen atoms in total. The number of halogens is 3. The van der Waals surface area contributed by atoms with E-state index < -0.39 is 5.91 Å². The summed E-state index contributed by atoms with van der Waals surface area (Å²) in [6.07, 6.45) is 1.23. The maximum absolute atomic E-state index is 11.6. The van der Waals surface area contributed by atoms with Crippen LogP contribution in [0.15, 0.2) is 41.5 Å². The topological polar surface area (TPSA) is 70.9 Å². The summed E-state index contributed by atoms with van der Waals surface area (Å²) in [5.74, 6) is -0.136. The van der Waals surface area contributed by atoms with Crippen LogP contribution in [0.3, 0.4) is 0 Å². The molecule has 0 unspecified atom stereocenters. The first-order valence-corrected chi connectivity index (χ1v) is 7.47. The van der Waals surface area contributed by atoms with Crippen molar-refractivity contribution in [3.05, 3.63) is 57.0 Å². The maximum Gasteiger partial charge on any atom is 0.277 e. The Kier molecular flexibility index (Phi) is 6.10. The lowest BCUT2D eigenvalue weighted by molar-refractivity contribution is -0.123. The minimum atomic E-state index is -0.469. The summed E-state index contributed by atoms with van der Waals surface area (Å²) < 4.78 is 5.25. The highest BCUT2D eigenvalue weighted by Gasteiger charge is 2.06. The second kappa shape index (κ2) is 8.06. The number of hydrazone groups is 1. The summed E-state index contributed by atoms with van der Waals surface area (Å²) >= 11 is 17.3. The Hall–Kier alpha value is -1.95. The van der Waals surface area contributed by atoms with Crippen molar-refractivity contribution in [1.82, 2.24) is 5.43 Å². The zero-order chi connectivity index (χ0) is 16.8. The zero-order valence-electron chi connectivity index (χ0n) is 11.6.